The number of aromatic amines is 1. The molecule has 5 heteroatoms. The molecule has 0 unspecified atom stereocenters. The van der Waals surface area contributed by atoms with Crippen molar-refractivity contribution in [3.05, 3.63) is 63.6 Å². The molecule has 0 bridgehead atoms. The number of aromatic nitrogens is 1. The maximum absolute atomic E-state index is 12.1. The van der Waals surface area contributed by atoms with Gasteiger partial charge in [0.1, 0.15) is 11.3 Å². The monoisotopic (exact) mass is 298 g/mol. The first-order valence-corrected chi connectivity index (χ1v) is 7.32. The summed E-state index contributed by atoms with van der Waals surface area (Å²) in [4.78, 5) is 26.5. The molecule has 2 aromatic rings. The van der Waals surface area contributed by atoms with Gasteiger partial charge in [0, 0.05) is 18.2 Å². The minimum atomic E-state index is -0.359. The molecule has 3 rings (SSSR count). The van der Waals surface area contributed by atoms with E-state index < -0.39 is 0 Å². The Labute approximate surface area is 128 Å². The number of carbonyl (C=O) groups is 1. The molecule has 1 aliphatic rings. The van der Waals surface area contributed by atoms with Gasteiger partial charge >= 0.3 is 0 Å². The highest BCUT2D eigenvalue weighted by molar-refractivity contribution is 5.93. The van der Waals surface area contributed by atoms with E-state index in [0.29, 0.717) is 13.2 Å². The molecule has 0 spiro atoms. The van der Waals surface area contributed by atoms with Gasteiger partial charge in [-0.1, -0.05) is 18.2 Å². The van der Waals surface area contributed by atoms with Crippen molar-refractivity contribution in [1.82, 2.24) is 10.3 Å². The van der Waals surface area contributed by atoms with Crippen molar-refractivity contribution >= 4 is 5.91 Å². The molecule has 2 N–H and O–H groups in total. The maximum atomic E-state index is 12.1. The van der Waals surface area contributed by atoms with Crippen molar-refractivity contribution in [2.24, 2.45) is 5.92 Å². The van der Waals surface area contributed by atoms with Crippen molar-refractivity contribution in [1.29, 1.82) is 0 Å². The van der Waals surface area contributed by atoms with Gasteiger partial charge in [0.25, 0.3) is 11.5 Å². The lowest BCUT2D eigenvalue weighted by Gasteiger charge is -2.25. The second-order valence-corrected chi connectivity index (χ2v) is 5.58. The highest BCUT2D eigenvalue weighted by Crippen LogP contribution is 2.26. The van der Waals surface area contributed by atoms with E-state index in [1.165, 1.54) is 0 Å². The number of rotatable bonds is 3. The summed E-state index contributed by atoms with van der Waals surface area (Å²) in [5.41, 5.74) is 1.67. The van der Waals surface area contributed by atoms with E-state index in [-0.39, 0.29) is 22.9 Å². The Bertz CT molecular complexity index is 752. The minimum Gasteiger partial charge on any atom is -0.493 e. The number of hydrogen-bond donors (Lipinski definition) is 2. The van der Waals surface area contributed by atoms with E-state index in [9.17, 15) is 9.59 Å². The molecular weight excluding hydrogens is 280 g/mol. The number of H-pyrrole nitrogens is 1. The van der Waals surface area contributed by atoms with Gasteiger partial charge in [-0.2, -0.15) is 0 Å². The molecule has 0 saturated heterocycles. The topological polar surface area (TPSA) is 71.2 Å². The maximum Gasteiger partial charge on any atom is 0.260 e. The van der Waals surface area contributed by atoms with Crippen LogP contribution in [0.4, 0.5) is 0 Å². The summed E-state index contributed by atoms with van der Waals surface area (Å²) in [5.74, 6) is 0.781. The van der Waals surface area contributed by atoms with Crippen LogP contribution in [0.5, 0.6) is 5.75 Å². The van der Waals surface area contributed by atoms with Crippen molar-refractivity contribution in [3.8, 4) is 5.75 Å². The van der Waals surface area contributed by atoms with E-state index in [1.807, 2.05) is 24.3 Å². The Morgan fingerprint density at radius 1 is 1.32 bits per heavy atom. The zero-order chi connectivity index (χ0) is 15.5. The minimum absolute atomic E-state index is 0.141. The largest absolute Gasteiger partial charge is 0.493 e. The lowest BCUT2D eigenvalue weighted by molar-refractivity contribution is 0.0937. The number of fused-ring (bicyclic) bond motifs is 1. The van der Waals surface area contributed by atoms with Crippen LogP contribution in [-0.4, -0.2) is 24.0 Å². The fourth-order valence-electron chi connectivity index (χ4n) is 2.61. The van der Waals surface area contributed by atoms with Crippen molar-refractivity contribution in [2.45, 2.75) is 13.3 Å². The molecule has 22 heavy (non-hydrogen) atoms. The molecule has 114 valence electrons. The normalized spacial score (nSPS) is 16.5. The second-order valence-electron chi connectivity index (χ2n) is 5.58. The van der Waals surface area contributed by atoms with Crippen LogP contribution in [0, 0.1) is 12.8 Å². The Hall–Kier alpha value is -2.56. The molecule has 0 saturated carbocycles. The molecule has 1 aromatic carbocycles. The van der Waals surface area contributed by atoms with E-state index in [2.05, 4.69) is 10.3 Å². The number of aryl methyl sites for hydroxylation is 1. The number of nitrogens with one attached hydrogen (secondary N) is 2. The van der Waals surface area contributed by atoms with Gasteiger partial charge in [-0.25, -0.2) is 0 Å². The number of benzene rings is 1. The van der Waals surface area contributed by atoms with Crippen LogP contribution in [0.15, 0.2) is 41.2 Å². The third-order valence-electron chi connectivity index (χ3n) is 3.81. The zero-order valence-corrected chi connectivity index (χ0v) is 12.4. The lowest BCUT2D eigenvalue weighted by Crippen LogP contribution is -2.36. The SMILES string of the molecule is Cc1ccc(C(=O)NC[C@@H]2COc3ccccc3C2)c(=O)[nH]1. The number of pyridine rings is 1. The Balaban J connectivity index is 1.61. The quantitative estimate of drug-likeness (QED) is 0.905. The van der Waals surface area contributed by atoms with Crippen molar-refractivity contribution < 1.29 is 9.53 Å². The number of hydrogen-bond acceptors (Lipinski definition) is 3. The second kappa shape index (κ2) is 6.05. The zero-order valence-electron chi connectivity index (χ0n) is 12.4. The Morgan fingerprint density at radius 3 is 2.95 bits per heavy atom. The van der Waals surface area contributed by atoms with E-state index in [1.54, 1.807) is 19.1 Å². The average molecular weight is 298 g/mol. The summed E-state index contributed by atoms with van der Waals surface area (Å²) < 4.78 is 5.69. The molecule has 2 heterocycles. The van der Waals surface area contributed by atoms with Gasteiger partial charge in [0.05, 0.1) is 6.61 Å². The highest BCUT2D eigenvalue weighted by Gasteiger charge is 2.20. The van der Waals surface area contributed by atoms with Gasteiger partial charge < -0.3 is 15.0 Å². The standard InChI is InChI=1S/C17H18N2O3/c1-11-6-7-14(17(21)19-11)16(20)18-9-12-8-13-4-2-3-5-15(13)22-10-12/h2-7,12H,8-10H2,1H3,(H,18,20)(H,19,21)/t12-/m1/s1. The summed E-state index contributed by atoms with van der Waals surface area (Å²) in [6.07, 6.45) is 0.862. The first kappa shape index (κ1) is 14.4. The van der Waals surface area contributed by atoms with Crippen LogP contribution in [-0.2, 0) is 6.42 Å². The molecular formula is C17H18N2O3. The molecule has 5 nitrogen and oxygen atoms in total. The van der Waals surface area contributed by atoms with E-state index in [0.717, 1.165) is 23.4 Å². The lowest BCUT2D eigenvalue weighted by atomic mass is 9.96. The first-order chi connectivity index (χ1) is 10.6. The first-order valence-electron chi connectivity index (χ1n) is 7.32. The van der Waals surface area contributed by atoms with Gasteiger partial charge in [0.2, 0.25) is 0 Å². The molecule has 0 radical (unpaired) electrons. The summed E-state index contributed by atoms with van der Waals surface area (Å²) >= 11 is 0. The predicted octanol–water partition coefficient (Wildman–Crippen LogP) is 1.66. The Kier molecular flexibility index (Phi) is 3.96. The predicted molar refractivity (Wildman–Crippen MR) is 83.3 cm³/mol. The average Bonchev–Trinajstić information content (AvgIpc) is 2.52. The molecule has 1 aromatic heterocycles. The summed E-state index contributed by atoms with van der Waals surface area (Å²) in [6, 6.07) is 11.2. The molecule has 0 aliphatic carbocycles. The number of carbonyl (C=O) groups excluding carboxylic acids is 1. The van der Waals surface area contributed by atoms with E-state index >= 15 is 0 Å². The summed E-state index contributed by atoms with van der Waals surface area (Å²) in [6.45, 7) is 2.84. The van der Waals surface area contributed by atoms with Gasteiger partial charge in [-0.05, 0) is 37.1 Å². The smallest absolute Gasteiger partial charge is 0.260 e. The van der Waals surface area contributed by atoms with Crippen LogP contribution in [0.25, 0.3) is 0 Å². The van der Waals surface area contributed by atoms with Gasteiger partial charge in [0.15, 0.2) is 0 Å². The summed E-state index contributed by atoms with van der Waals surface area (Å²) in [5, 5.41) is 2.82. The molecule has 1 aliphatic heterocycles. The number of amides is 1. The van der Waals surface area contributed by atoms with Crippen LogP contribution in [0.3, 0.4) is 0 Å². The van der Waals surface area contributed by atoms with Crippen LogP contribution in [0.1, 0.15) is 21.6 Å². The van der Waals surface area contributed by atoms with Crippen LogP contribution < -0.4 is 15.6 Å². The highest BCUT2D eigenvalue weighted by atomic mass is 16.5. The van der Waals surface area contributed by atoms with Gasteiger partial charge in [-0.15, -0.1) is 0 Å². The number of ether oxygens (including phenoxy) is 1. The van der Waals surface area contributed by atoms with Crippen molar-refractivity contribution in [2.75, 3.05) is 13.2 Å². The fraction of sp³-hybridized carbons (Fsp3) is 0.294. The molecule has 0 fully saturated rings. The van der Waals surface area contributed by atoms with Gasteiger partial charge in [-0.3, -0.25) is 9.59 Å². The number of para-hydroxylation sites is 1. The van der Waals surface area contributed by atoms with Crippen LogP contribution in [0.2, 0.25) is 0 Å². The van der Waals surface area contributed by atoms with Crippen LogP contribution >= 0.6 is 0 Å². The van der Waals surface area contributed by atoms with E-state index in [4.69, 9.17) is 4.74 Å². The Morgan fingerprint density at radius 2 is 2.14 bits per heavy atom. The third kappa shape index (κ3) is 3.03. The third-order valence-corrected chi connectivity index (χ3v) is 3.81. The van der Waals surface area contributed by atoms with Crippen molar-refractivity contribution in [3.63, 3.8) is 0 Å². The summed E-state index contributed by atoms with van der Waals surface area (Å²) in [7, 11) is 0. The molecule has 1 atom stereocenters. The molecule has 1 amide bonds. The fourth-order valence-corrected chi connectivity index (χ4v) is 2.61.